The van der Waals surface area contributed by atoms with E-state index < -0.39 is 0 Å². The van der Waals surface area contributed by atoms with Crippen LogP contribution < -0.4 is 0 Å². The molecule has 0 radical (unpaired) electrons. The minimum Gasteiger partial charge on any atom is -0.261 e. The molecule has 0 amide bonds. The monoisotopic (exact) mass is 301 g/mol. The number of nitrogens with zero attached hydrogens (tertiary/aromatic N) is 1. The lowest BCUT2D eigenvalue weighted by Gasteiger charge is -2.00. The molecule has 2 heteroatoms. The van der Waals surface area contributed by atoms with Crippen molar-refractivity contribution >= 4 is 11.3 Å². The van der Waals surface area contributed by atoms with Crippen LogP contribution in [0.2, 0.25) is 0 Å². The quantitative estimate of drug-likeness (QED) is 0.497. The van der Waals surface area contributed by atoms with Crippen LogP contribution >= 0.6 is 11.3 Å². The van der Waals surface area contributed by atoms with Gasteiger partial charge in [0.1, 0.15) is 0 Å². The van der Waals surface area contributed by atoms with Gasteiger partial charge < -0.3 is 0 Å². The summed E-state index contributed by atoms with van der Waals surface area (Å²) < 4.78 is 0. The Kier molecular flexibility index (Phi) is 6.94. The Balaban J connectivity index is 1.87. The van der Waals surface area contributed by atoms with E-state index in [0.717, 1.165) is 12.8 Å². The molecule has 2 rings (SSSR count). The van der Waals surface area contributed by atoms with Crippen molar-refractivity contribution in [3.05, 3.63) is 41.0 Å². The maximum Gasteiger partial charge on any atom is 0.0403 e. The summed E-state index contributed by atoms with van der Waals surface area (Å²) in [6.45, 7) is 4.47. The first-order valence-electron chi connectivity index (χ1n) is 8.37. The molecule has 0 aliphatic carbocycles. The highest BCUT2D eigenvalue weighted by molar-refractivity contribution is 7.15. The SMILES string of the molecule is CCCCCCCc1ccc(-c2ccc(CCC)nc2)s1. The van der Waals surface area contributed by atoms with Crippen molar-refractivity contribution < 1.29 is 0 Å². The maximum absolute atomic E-state index is 4.56. The van der Waals surface area contributed by atoms with Gasteiger partial charge in [0.05, 0.1) is 0 Å². The van der Waals surface area contributed by atoms with Crippen LogP contribution in [-0.2, 0) is 12.8 Å². The van der Waals surface area contributed by atoms with Crippen LogP contribution in [0.15, 0.2) is 30.5 Å². The number of hydrogen-bond donors (Lipinski definition) is 0. The highest BCUT2D eigenvalue weighted by Gasteiger charge is 2.04. The fourth-order valence-electron chi connectivity index (χ4n) is 2.54. The normalized spacial score (nSPS) is 11.0. The summed E-state index contributed by atoms with van der Waals surface area (Å²) in [6, 6.07) is 8.93. The van der Waals surface area contributed by atoms with Gasteiger partial charge in [-0.05, 0) is 37.5 Å². The number of thiophene rings is 1. The van der Waals surface area contributed by atoms with Crippen LogP contribution in [0.1, 0.15) is 62.9 Å². The number of unbranched alkanes of at least 4 members (excludes halogenated alkanes) is 4. The molecule has 2 heterocycles. The zero-order chi connectivity index (χ0) is 14.9. The first kappa shape index (κ1) is 16.2. The van der Waals surface area contributed by atoms with Crippen LogP contribution in [-0.4, -0.2) is 4.98 Å². The van der Waals surface area contributed by atoms with Crippen molar-refractivity contribution in [2.24, 2.45) is 0 Å². The molecule has 21 heavy (non-hydrogen) atoms. The minimum atomic E-state index is 1.08. The first-order valence-corrected chi connectivity index (χ1v) is 9.19. The number of aryl methyl sites for hydroxylation is 2. The van der Waals surface area contributed by atoms with Gasteiger partial charge in [-0.3, -0.25) is 4.98 Å². The van der Waals surface area contributed by atoms with E-state index in [0.29, 0.717) is 0 Å². The van der Waals surface area contributed by atoms with Crippen molar-refractivity contribution in [3.8, 4) is 10.4 Å². The van der Waals surface area contributed by atoms with Crippen LogP contribution in [0, 0.1) is 0 Å². The van der Waals surface area contributed by atoms with E-state index in [2.05, 4.69) is 43.1 Å². The van der Waals surface area contributed by atoms with Crippen molar-refractivity contribution in [1.29, 1.82) is 0 Å². The van der Waals surface area contributed by atoms with Crippen LogP contribution in [0.25, 0.3) is 10.4 Å². The molecule has 0 saturated carbocycles. The molecule has 0 N–H and O–H groups in total. The lowest BCUT2D eigenvalue weighted by Crippen LogP contribution is -1.87. The Morgan fingerprint density at radius 3 is 2.43 bits per heavy atom. The topological polar surface area (TPSA) is 12.9 Å². The molecular formula is C19H27NS. The molecule has 2 aromatic rings. The number of hydrogen-bond acceptors (Lipinski definition) is 2. The van der Waals surface area contributed by atoms with Gasteiger partial charge >= 0.3 is 0 Å². The Morgan fingerprint density at radius 1 is 0.857 bits per heavy atom. The minimum absolute atomic E-state index is 1.08. The number of pyridine rings is 1. The molecule has 1 nitrogen and oxygen atoms in total. The van der Waals surface area contributed by atoms with E-state index in [1.54, 1.807) is 0 Å². The van der Waals surface area contributed by atoms with E-state index >= 15 is 0 Å². The molecular weight excluding hydrogens is 274 g/mol. The van der Waals surface area contributed by atoms with Crippen LogP contribution in [0.3, 0.4) is 0 Å². The van der Waals surface area contributed by atoms with Crippen molar-refractivity contribution in [2.75, 3.05) is 0 Å². The van der Waals surface area contributed by atoms with E-state index in [1.165, 1.54) is 59.5 Å². The molecule has 114 valence electrons. The molecule has 0 aliphatic heterocycles. The largest absolute Gasteiger partial charge is 0.261 e. The molecule has 0 aliphatic rings. The predicted molar refractivity (Wildman–Crippen MR) is 94.0 cm³/mol. The van der Waals surface area contributed by atoms with E-state index in [-0.39, 0.29) is 0 Å². The van der Waals surface area contributed by atoms with Gasteiger partial charge in [-0.2, -0.15) is 0 Å². The van der Waals surface area contributed by atoms with Gasteiger partial charge in [-0.1, -0.05) is 52.0 Å². The zero-order valence-electron chi connectivity index (χ0n) is 13.4. The lowest BCUT2D eigenvalue weighted by atomic mass is 10.1. The molecule has 0 atom stereocenters. The summed E-state index contributed by atoms with van der Waals surface area (Å²) in [7, 11) is 0. The van der Waals surface area contributed by atoms with Gasteiger partial charge in [0.2, 0.25) is 0 Å². The van der Waals surface area contributed by atoms with Gasteiger partial charge in [0.25, 0.3) is 0 Å². The number of aromatic nitrogens is 1. The first-order chi connectivity index (χ1) is 10.3. The van der Waals surface area contributed by atoms with Crippen molar-refractivity contribution in [1.82, 2.24) is 4.98 Å². The summed E-state index contributed by atoms with van der Waals surface area (Å²) in [5, 5.41) is 0. The molecule has 0 spiro atoms. The van der Waals surface area contributed by atoms with E-state index in [1.807, 2.05) is 17.5 Å². The predicted octanol–water partition coefficient (Wildman–Crippen LogP) is 6.28. The van der Waals surface area contributed by atoms with Gasteiger partial charge in [-0.15, -0.1) is 11.3 Å². The third kappa shape index (κ3) is 5.28. The maximum atomic E-state index is 4.56. The Morgan fingerprint density at radius 2 is 1.71 bits per heavy atom. The Bertz CT molecular complexity index is 513. The van der Waals surface area contributed by atoms with Crippen molar-refractivity contribution in [2.45, 2.75) is 65.2 Å². The number of rotatable bonds is 9. The average Bonchev–Trinajstić information content (AvgIpc) is 2.97. The summed E-state index contributed by atoms with van der Waals surface area (Å²) >= 11 is 1.93. The smallest absolute Gasteiger partial charge is 0.0403 e. The molecule has 0 unspecified atom stereocenters. The van der Waals surface area contributed by atoms with Crippen LogP contribution in [0.5, 0.6) is 0 Å². The highest BCUT2D eigenvalue weighted by atomic mass is 32.1. The van der Waals surface area contributed by atoms with E-state index in [4.69, 9.17) is 0 Å². The molecule has 2 aromatic heterocycles. The Labute approximate surface area is 133 Å². The molecule has 0 bridgehead atoms. The van der Waals surface area contributed by atoms with Gasteiger partial charge in [-0.25, -0.2) is 0 Å². The fraction of sp³-hybridized carbons (Fsp3) is 0.526. The average molecular weight is 301 g/mol. The highest BCUT2D eigenvalue weighted by Crippen LogP contribution is 2.28. The zero-order valence-corrected chi connectivity index (χ0v) is 14.2. The Hall–Kier alpha value is -1.15. The second kappa shape index (κ2) is 8.99. The third-order valence-corrected chi connectivity index (χ3v) is 5.00. The second-order valence-corrected chi connectivity index (χ2v) is 6.89. The van der Waals surface area contributed by atoms with Crippen LogP contribution in [0.4, 0.5) is 0 Å². The molecule has 0 aromatic carbocycles. The van der Waals surface area contributed by atoms with E-state index in [9.17, 15) is 0 Å². The second-order valence-electron chi connectivity index (χ2n) is 5.72. The summed E-state index contributed by atoms with van der Waals surface area (Å²) in [4.78, 5) is 7.43. The fourth-order valence-corrected chi connectivity index (χ4v) is 3.58. The van der Waals surface area contributed by atoms with Gasteiger partial charge in [0, 0.05) is 27.2 Å². The summed E-state index contributed by atoms with van der Waals surface area (Å²) in [5.41, 5.74) is 2.46. The summed E-state index contributed by atoms with van der Waals surface area (Å²) in [6.07, 6.45) is 12.3. The lowest BCUT2D eigenvalue weighted by molar-refractivity contribution is 0.634. The molecule has 0 saturated heterocycles. The van der Waals surface area contributed by atoms with Gasteiger partial charge in [0.15, 0.2) is 0 Å². The standard InChI is InChI=1S/C19H27NS/c1-3-5-6-7-8-10-18-13-14-19(21-18)16-11-12-17(9-4-2)20-15-16/h11-15H,3-10H2,1-2H3. The third-order valence-electron chi connectivity index (χ3n) is 3.80. The summed E-state index contributed by atoms with van der Waals surface area (Å²) in [5.74, 6) is 0. The molecule has 0 fully saturated rings. The van der Waals surface area contributed by atoms with Crippen molar-refractivity contribution in [3.63, 3.8) is 0 Å².